The van der Waals surface area contributed by atoms with E-state index in [0.29, 0.717) is 5.92 Å². The van der Waals surface area contributed by atoms with Crippen molar-refractivity contribution >= 4 is 11.4 Å². The van der Waals surface area contributed by atoms with Gasteiger partial charge in [0.05, 0.1) is 24.1 Å². The molecule has 1 aromatic carbocycles. The van der Waals surface area contributed by atoms with E-state index >= 15 is 0 Å². The van der Waals surface area contributed by atoms with Crippen molar-refractivity contribution in [2.75, 3.05) is 30.8 Å². The van der Waals surface area contributed by atoms with Crippen LogP contribution in [0.15, 0.2) is 18.2 Å². The zero-order valence-corrected chi connectivity index (χ0v) is 12.1. The first-order valence-corrected chi connectivity index (χ1v) is 7.53. The quantitative estimate of drug-likeness (QED) is 0.814. The number of piperidine rings is 1. The number of methoxy groups -OCH3 is 1. The van der Waals surface area contributed by atoms with Crippen LogP contribution >= 0.6 is 0 Å². The number of hydrogen-bond donors (Lipinski definition) is 2. The zero-order chi connectivity index (χ0) is 14.2. The Morgan fingerprint density at radius 2 is 2.20 bits per heavy atom. The van der Waals surface area contributed by atoms with Gasteiger partial charge in [0, 0.05) is 25.1 Å². The lowest BCUT2D eigenvalue weighted by Crippen LogP contribution is -2.53. The molecule has 20 heavy (non-hydrogen) atoms. The lowest BCUT2D eigenvalue weighted by atomic mass is 9.71. The lowest BCUT2D eigenvalue weighted by Gasteiger charge is -2.48. The number of anilines is 2. The SMILES string of the molecule is COc1ccc(N2CCC3(O)CCCCC3C2)c(N)c1. The third-order valence-electron chi connectivity index (χ3n) is 5.00. The molecule has 3 N–H and O–H groups in total. The van der Waals surface area contributed by atoms with Crippen molar-refractivity contribution in [3.63, 3.8) is 0 Å². The van der Waals surface area contributed by atoms with Gasteiger partial charge in [-0.05, 0) is 31.4 Å². The van der Waals surface area contributed by atoms with E-state index in [1.165, 1.54) is 6.42 Å². The third-order valence-corrected chi connectivity index (χ3v) is 5.00. The predicted molar refractivity (Wildman–Crippen MR) is 81.1 cm³/mol. The smallest absolute Gasteiger partial charge is 0.121 e. The molecule has 0 radical (unpaired) electrons. The fourth-order valence-electron chi connectivity index (χ4n) is 3.74. The summed E-state index contributed by atoms with van der Waals surface area (Å²) in [6.45, 7) is 1.79. The molecule has 1 saturated heterocycles. The standard InChI is InChI=1S/C16H24N2O2/c1-20-13-5-6-15(14(17)10-13)18-9-8-16(19)7-3-2-4-12(16)11-18/h5-6,10,12,19H,2-4,7-9,11,17H2,1H3. The van der Waals surface area contributed by atoms with Crippen molar-refractivity contribution in [2.24, 2.45) is 5.92 Å². The number of hydrogen-bond acceptors (Lipinski definition) is 4. The topological polar surface area (TPSA) is 58.7 Å². The lowest BCUT2D eigenvalue weighted by molar-refractivity contribution is -0.0612. The highest BCUT2D eigenvalue weighted by molar-refractivity contribution is 5.69. The van der Waals surface area contributed by atoms with Gasteiger partial charge < -0.3 is 20.5 Å². The normalized spacial score (nSPS) is 29.9. The van der Waals surface area contributed by atoms with Crippen molar-refractivity contribution in [3.8, 4) is 5.75 Å². The van der Waals surface area contributed by atoms with Crippen LogP contribution in [0, 0.1) is 5.92 Å². The molecule has 1 aliphatic heterocycles. The average Bonchev–Trinajstić information content (AvgIpc) is 2.46. The summed E-state index contributed by atoms with van der Waals surface area (Å²) in [5, 5.41) is 10.7. The maximum absolute atomic E-state index is 10.7. The molecular formula is C16H24N2O2. The summed E-state index contributed by atoms with van der Waals surface area (Å²) in [4.78, 5) is 2.32. The van der Waals surface area contributed by atoms with Crippen LogP contribution in [0.25, 0.3) is 0 Å². The first kappa shape index (κ1) is 13.6. The van der Waals surface area contributed by atoms with E-state index in [4.69, 9.17) is 10.5 Å². The van der Waals surface area contributed by atoms with Crippen molar-refractivity contribution in [3.05, 3.63) is 18.2 Å². The zero-order valence-electron chi connectivity index (χ0n) is 12.1. The Morgan fingerprint density at radius 3 is 2.95 bits per heavy atom. The van der Waals surface area contributed by atoms with Gasteiger partial charge in [0.15, 0.2) is 0 Å². The Kier molecular flexibility index (Phi) is 3.50. The number of nitrogen functional groups attached to an aromatic ring is 1. The molecule has 4 heteroatoms. The molecule has 1 heterocycles. The predicted octanol–water partition coefficient (Wildman–Crippen LogP) is 2.41. The maximum atomic E-state index is 10.7. The first-order chi connectivity index (χ1) is 9.62. The second-order valence-electron chi connectivity index (χ2n) is 6.17. The number of fused-ring (bicyclic) bond motifs is 1. The van der Waals surface area contributed by atoms with Crippen LogP contribution in [-0.4, -0.2) is 30.9 Å². The van der Waals surface area contributed by atoms with E-state index in [1.54, 1.807) is 7.11 Å². The van der Waals surface area contributed by atoms with Gasteiger partial charge in [-0.2, -0.15) is 0 Å². The molecule has 0 bridgehead atoms. The molecule has 2 unspecified atom stereocenters. The molecule has 110 valence electrons. The summed E-state index contributed by atoms with van der Waals surface area (Å²) in [5.41, 5.74) is 7.53. The molecule has 4 nitrogen and oxygen atoms in total. The van der Waals surface area contributed by atoms with Crippen LogP contribution in [0.4, 0.5) is 11.4 Å². The van der Waals surface area contributed by atoms with E-state index in [-0.39, 0.29) is 0 Å². The highest BCUT2D eigenvalue weighted by atomic mass is 16.5. The maximum Gasteiger partial charge on any atom is 0.121 e. The molecule has 2 atom stereocenters. The Morgan fingerprint density at radius 1 is 1.35 bits per heavy atom. The van der Waals surface area contributed by atoms with Crippen LogP contribution in [-0.2, 0) is 0 Å². The van der Waals surface area contributed by atoms with Crippen molar-refractivity contribution in [1.29, 1.82) is 0 Å². The minimum absolute atomic E-state index is 0.381. The number of nitrogens with zero attached hydrogens (tertiary/aromatic N) is 1. The molecule has 0 amide bonds. The van der Waals surface area contributed by atoms with Gasteiger partial charge in [0.2, 0.25) is 0 Å². The van der Waals surface area contributed by atoms with Crippen molar-refractivity contribution < 1.29 is 9.84 Å². The summed E-state index contributed by atoms with van der Waals surface area (Å²) >= 11 is 0. The Hall–Kier alpha value is -1.42. The van der Waals surface area contributed by atoms with Gasteiger partial charge in [-0.25, -0.2) is 0 Å². The summed E-state index contributed by atoms with van der Waals surface area (Å²) in [7, 11) is 1.65. The van der Waals surface area contributed by atoms with E-state index < -0.39 is 5.60 Å². The Balaban J connectivity index is 1.79. The number of nitrogens with two attached hydrogens (primary N) is 1. The summed E-state index contributed by atoms with van der Waals surface area (Å²) < 4.78 is 5.20. The van der Waals surface area contributed by atoms with Gasteiger partial charge in [0.1, 0.15) is 5.75 Å². The van der Waals surface area contributed by atoms with E-state index in [9.17, 15) is 5.11 Å². The number of ether oxygens (including phenoxy) is 1. The minimum atomic E-state index is -0.435. The van der Waals surface area contributed by atoms with E-state index in [2.05, 4.69) is 4.90 Å². The fourth-order valence-corrected chi connectivity index (χ4v) is 3.74. The third kappa shape index (κ3) is 2.33. The van der Waals surface area contributed by atoms with Gasteiger partial charge in [0.25, 0.3) is 0 Å². The molecule has 3 rings (SSSR count). The van der Waals surface area contributed by atoms with Crippen LogP contribution < -0.4 is 15.4 Å². The summed E-state index contributed by atoms with van der Waals surface area (Å²) in [5.74, 6) is 1.17. The highest BCUT2D eigenvalue weighted by Crippen LogP contribution is 2.42. The molecule has 1 aromatic rings. The van der Waals surface area contributed by atoms with E-state index in [0.717, 1.165) is 55.9 Å². The molecular weight excluding hydrogens is 252 g/mol. The molecule has 2 fully saturated rings. The molecule has 0 aromatic heterocycles. The number of benzene rings is 1. The second-order valence-corrected chi connectivity index (χ2v) is 6.17. The molecule has 1 saturated carbocycles. The Bertz CT molecular complexity index is 491. The van der Waals surface area contributed by atoms with E-state index in [1.807, 2.05) is 18.2 Å². The Labute approximate surface area is 120 Å². The highest BCUT2D eigenvalue weighted by Gasteiger charge is 2.42. The summed E-state index contributed by atoms with van der Waals surface area (Å²) in [6, 6.07) is 5.85. The second kappa shape index (κ2) is 5.17. The van der Waals surface area contributed by atoms with Gasteiger partial charge in [-0.1, -0.05) is 12.8 Å². The summed E-state index contributed by atoms with van der Waals surface area (Å²) in [6.07, 6.45) is 5.34. The van der Waals surface area contributed by atoms with Crippen LogP contribution in [0.5, 0.6) is 5.75 Å². The van der Waals surface area contributed by atoms with Crippen molar-refractivity contribution in [1.82, 2.24) is 0 Å². The van der Waals surface area contributed by atoms with Crippen molar-refractivity contribution in [2.45, 2.75) is 37.7 Å². The first-order valence-electron chi connectivity index (χ1n) is 7.53. The average molecular weight is 276 g/mol. The molecule has 2 aliphatic rings. The van der Waals surface area contributed by atoms with Gasteiger partial charge >= 0.3 is 0 Å². The monoisotopic (exact) mass is 276 g/mol. The number of rotatable bonds is 2. The molecule has 1 aliphatic carbocycles. The molecule has 0 spiro atoms. The van der Waals surface area contributed by atoms with Gasteiger partial charge in [-0.15, -0.1) is 0 Å². The largest absolute Gasteiger partial charge is 0.497 e. The van der Waals surface area contributed by atoms with Gasteiger partial charge in [-0.3, -0.25) is 0 Å². The van der Waals surface area contributed by atoms with Crippen LogP contribution in [0.2, 0.25) is 0 Å². The fraction of sp³-hybridized carbons (Fsp3) is 0.625. The van der Waals surface area contributed by atoms with Crippen LogP contribution in [0.1, 0.15) is 32.1 Å². The number of aliphatic hydroxyl groups is 1. The van der Waals surface area contributed by atoms with Crippen LogP contribution in [0.3, 0.4) is 0 Å². The minimum Gasteiger partial charge on any atom is -0.497 e.